The lowest BCUT2D eigenvalue weighted by Crippen LogP contribution is -2.15. The second-order valence-electron chi connectivity index (χ2n) is 7.11. The van der Waals surface area contributed by atoms with Crippen LogP contribution in [0.2, 0.25) is 5.02 Å². The van der Waals surface area contributed by atoms with Crippen molar-refractivity contribution in [3.8, 4) is 6.07 Å². The first kappa shape index (κ1) is 20.9. The van der Waals surface area contributed by atoms with Crippen molar-refractivity contribution in [1.29, 1.82) is 5.26 Å². The molecule has 2 heterocycles. The van der Waals surface area contributed by atoms with Crippen LogP contribution in [-0.4, -0.2) is 15.9 Å². The predicted molar refractivity (Wildman–Crippen MR) is 121 cm³/mol. The van der Waals surface area contributed by atoms with Gasteiger partial charge in [0.2, 0.25) is 0 Å². The fourth-order valence-electron chi connectivity index (χ4n) is 3.46. The van der Waals surface area contributed by atoms with Gasteiger partial charge in [-0.05, 0) is 43.7 Å². The summed E-state index contributed by atoms with van der Waals surface area (Å²) in [6, 6.07) is 10.5. The van der Waals surface area contributed by atoms with E-state index in [0.717, 1.165) is 36.8 Å². The molecule has 0 bridgehead atoms. The van der Waals surface area contributed by atoms with Crippen molar-refractivity contribution < 1.29 is 4.79 Å². The van der Waals surface area contributed by atoms with E-state index in [4.69, 9.17) is 11.6 Å². The lowest BCUT2D eigenvalue weighted by Gasteiger charge is -2.09. The van der Waals surface area contributed by atoms with E-state index in [1.807, 2.05) is 25.1 Å². The Hall–Kier alpha value is -2.40. The van der Waals surface area contributed by atoms with Crippen molar-refractivity contribution >= 4 is 45.6 Å². The zero-order chi connectivity index (χ0) is 21.1. The number of fused-ring (bicyclic) bond motifs is 1. The lowest BCUT2D eigenvalue weighted by molar-refractivity contribution is 0.102. The van der Waals surface area contributed by atoms with Gasteiger partial charge in [0.1, 0.15) is 11.1 Å². The number of rotatable bonds is 5. The molecular formula is C22H19ClN4OS2. The van der Waals surface area contributed by atoms with Gasteiger partial charge in [0.05, 0.1) is 16.8 Å². The molecule has 2 aromatic heterocycles. The summed E-state index contributed by atoms with van der Waals surface area (Å²) in [5.74, 6) is 0.274. The molecule has 0 unspecified atom stereocenters. The van der Waals surface area contributed by atoms with Crippen LogP contribution in [0.15, 0.2) is 35.6 Å². The highest BCUT2D eigenvalue weighted by Crippen LogP contribution is 2.38. The molecule has 30 heavy (non-hydrogen) atoms. The number of carbonyl (C=O) groups is 1. The van der Waals surface area contributed by atoms with Crippen molar-refractivity contribution in [2.24, 2.45) is 0 Å². The molecule has 0 saturated carbocycles. The first-order valence-electron chi connectivity index (χ1n) is 9.62. The quantitative estimate of drug-likeness (QED) is 0.389. The molecule has 0 spiro atoms. The van der Waals surface area contributed by atoms with Gasteiger partial charge in [-0.1, -0.05) is 53.2 Å². The molecule has 0 aliphatic heterocycles. The minimum absolute atomic E-state index is 0.119. The van der Waals surface area contributed by atoms with Crippen LogP contribution < -0.4 is 5.32 Å². The highest BCUT2D eigenvalue weighted by Gasteiger charge is 2.23. The van der Waals surface area contributed by atoms with E-state index in [1.54, 1.807) is 0 Å². The summed E-state index contributed by atoms with van der Waals surface area (Å²) in [5.41, 5.74) is 4.12. The molecular weight excluding hydrogens is 436 g/mol. The Morgan fingerprint density at radius 3 is 3.00 bits per heavy atom. The summed E-state index contributed by atoms with van der Waals surface area (Å²) in [7, 11) is 0. The Morgan fingerprint density at radius 1 is 1.37 bits per heavy atom. The van der Waals surface area contributed by atoms with Gasteiger partial charge in [-0.3, -0.25) is 4.79 Å². The van der Waals surface area contributed by atoms with Gasteiger partial charge in [0, 0.05) is 10.6 Å². The minimum Gasteiger partial charge on any atom is -0.311 e. The first-order chi connectivity index (χ1) is 14.5. The zero-order valence-corrected chi connectivity index (χ0v) is 18.8. The molecule has 1 N–H and O–H groups in total. The Kier molecular flexibility index (Phi) is 6.38. The third kappa shape index (κ3) is 4.51. The number of aromatic nitrogens is 2. The fraction of sp³-hybridized carbons (Fsp3) is 0.273. The molecule has 1 amide bonds. The molecule has 8 heteroatoms. The lowest BCUT2D eigenvalue weighted by atomic mass is 9.96. The van der Waals surface area contributed by atoms with Crippen LogP contribution in [0.5, 0.6) is 0 Å². The smallest absolute Gasteiger partial charge is 0.276 e. The van der Waals surface area contributed by atoms with Gasteiger partial charge < -0.3 is 5.32 Å². The molecule has 1 aromatic carbocycles. The van der Waals surface area contributed by atoms with Crippen LogP contribution in [-0.2, 0) is 18.6 Å². The number of halogens is 1. The van der Waals surface area contributed by atoms with Gasteiger partial charge in [-0.2, -0.15) is 5.26 Å². The molecule has 1 aliphatic carbocycles. The van der Waals surface area contributed by atoms with Gasteiger partial charge in [0.25, 0.3) is 5.91 Å². The van der Waals surface area contributed by atoms with Crippen molar-refractivity contribution in [2.75, 3.05) is 5.32 Å². The molecule has 0 saturated heterocycles. The third-order valence-corrected chi connectivity index (χ3v) is 7.31. The molecule has 4 rings (SSSR count). The standard InChI is InChI=1S/C22H19ClN4OS2/c1-13-5-4-6-14(9-13)12-29-22-25-11-17(23)19(26-22)20(28)27-21-16(10-24)15-7-2-3-8-18(15)30-21/h4-6,9,11H,2-3,7-8,12H2,1H3,(H,27,28). The van der Waals surface area contributed by atoms with Crippen LogP contribution in [0.25, 0.3) is 0 Å². The Balaban J connectivity index is 1.52. The molecule has 0 fully saturated rings. The number of amides is 1. The van der Waals surface area contributed by atoms with Crippen LogP contribution in [0.3, 0.4) is 0 Å². The largest absolute Gasteiger partial charge is 0.311 e. The summed E-state index contributed by atoms with van der Waals surface area (Å²) in [4.78, 5) is 22.7. The van der Waals surface area contributed by atoms with E-state index in [1.165, 1.54) is 39.7 Å². The van der Waals surface area contributed by atoms with Crippen molar-refractivity contribution in [3.63, 3.8) is 0 Å². The SMILES string of the molecule is Cc1cccc(CSc2ncc(Cl)c(C(=O)Nc3sc4c(c3C#N)CCCC4)n2)c1. The van der Waals surface area contributed by atoms with E-state index in [9.17, 15) is 10.1 Å². The average molecular weight is 455 g/mol. The summed E-state index contributed by atoms with van der Waals surface area (Å²) in [6.07, 6.45) is 5.49. The Labute approximate surface area is 188 Å². The Morgan fingerprint density at radius 2 is 2.20 bits per heavy atom. The highest BCUT2D eigenvalue weighted by molar-refractivity contribution is 7.98. The monoisotopic (exact) mass is 454 g/mol. The number of aryl methyl sites for hydroxylation is 2. The van der Waals surface area contributed by atoms with E-state index < -0.39 is 5.91 Å². The zero-order valence-electron chi connectivity index (χ0n) is 16.4. The number of hydrogen-bond donors (Lipinski definition) is 1. The van der Waals surface area contributed by atoms with E-state index in [0.29, 0.717) is 21.5 Å². The maximum atomic E-state index is 12.9. The topological polar surface area (TPSA) is 78.7 Å². The number of benzene rings is 1. The number of anilines is 1. The number of thioether (sulfide) groups is 1. The number of hydrogen-bond acceptors (Lipinski definition) is 6. The number of nitriles is 1. The molecule has 3 aromatic rings. The van der Waals surface area contributed by atoms with Gasteiger partial charge in [0.15, 0.2) is 10.9 Å². The summed E-state index contributed by atoms with van der Waals surface area (Å²) < 4.78 is 0. The Bertz CT molecular complexity index is 1150. The van der Waals surface area contributed by atoms with Crippen LogP contribution in [0.1, 0.15) is 50.5 Å². The van der Waals surface area contributed by atoms with Gasteiger partial charge in [-0.25, -0.2) is 9.97 Å². The number of thiophene rings is 1. The van der Waals surface area contributed by atoms with Crippen LogP contribution >= 0.6 is 34.7 Å². The molecule has 152 valence electrons. The number of nitrogens with zero attached hydrogens (tertiary/aromatic N) is 3. The predicted octanol–water partition coefficient (Wildman–Crippen LogP) is 5.80. The summed E-state index contributed by atoms with van der Waals surface area (Å²) in [6.45, 7) is 2.05. The average Bonchev–Trinajstić information content (AvgIpc) is 3.10. The van der Waals surface area contributed by atoms with Crippen molar-refractivity contribution in [3.05, 3.63) is 68.3 Å². The van der Waals surface area contributed by atoms with Crippen LogP contribution in [0, 0.1) is 18.3 Å². The number of nitrogens with one attached hydrogen (secondary N) is 1. The fourth-order valence-corrected chi connectivity index (χ4v) is 5.63. The summed E-state index contributed by atoms with van der Waals surface area (Å²) in [5, 5.41) is 13.7. The van der Waals surface area contributed by atoms with Crippen molar-refractivity contribution in [2.45, 2.75) is 43.5 Å². The van der Waals surface area contributed by atoms with Crippen LogP contribution in [0.4, 0.5) is 5.00 Å². The van der Waals surface area contributed by atoms with E-state index in [-0.39, 0.29) is 10.7 Å². The molecule has 5 nitrogen and oxygen atoms in total. The first-order valence-corrected chi connectivity index (χ1v) is 11.8. The molecule has 0 radical (unpaired) electrons. The molecule has 1 aliphatic rings. The molecule has 0 atom stereocenters. The van der Waals surface area contributed by atoms with Gasteiger partial charge in [-0.15, -0.1) is 11.3 Å². The summed E-state index contributed by atoms with van der Waals surface area (Å²) >= 11 is 9.14. The second kappa shape index (κ2) is 9.17. The van der Waals surface area contributed by atoms with E-state index in [2.05, 4.69) is 27.4 Å². The van der Waals surface area contributed by atoms with E-state index >= 15 is 0 Å². The maximum absolute atomic E-state index is 12.9. The third-order valence-electron chi connectivity index (χ3n) is 4.90. The second-order valence-corrected chi connectivity index (χ2v) is 9.56. The van der Waals surface area contributed by atoms with Crippen molar-refractivity contribution in [1.82, 2.24) is 9.97 Å². The number of carbonyl (C=O) groups excluding carboxylic acids is 1. The normalized spacial score (nSPS) is 12.8. The maximum Gasteiger partial charge on any atom is 0.276 e. The highest BCUT2D eigenvalue weighted by atomic mass is 35.5. The minimum atomic E-state index is -0.421. The van der Waals surface area contributed by atoms with Gasteiger partial charge >= 0.3 is 0 Å².